The van der Waals surface area contributed by atoms with Gasteiger partial charge in [0.1, 0.15) is 6.04 Å². The molecule has 2 amide bonds. The Morgan fingerprint density at radius 2 is 1.62 bits per heavy atom. The third kappa shape index (κ3) is 5.24. The molecule has 6 nitrogen and oxygen atoms in total. The van der Waals surface area contributed by atoms with Crippen LogP contribution < -0.4 is 5.32 Å². The minimum absolute atomic E-state index is 0.0305. The fraction of sp³-hybridized carbons (Fsp3) is 0.389. The van der Waals surface area contributed by atoms with Crippen LogP contribution in [0.3, 0.4) is 0 Å². The summed E-state index contributed by atoms with van der Waals surface area (Å²) in [5.74, 6) is -0.195. The third-order valence-corrected chi connectivity index (χ3v) is 9.12. The molecule has 1 aromatic heterocycles. The number of aromatic nitrogens is 1. The quantitative estimate of drug-likeness (QED) is 0.224. The molecule has 1 aliphatic rings. The van der Waals surface area contributed by atoms with Crippen molar-refractivity contribution in [2.75, 3.05) is 26.2 Å². The predicted octanol–water partition coefficient (Wildman–Crippen LogP) is 6.57. The number of hydrogen-bond donors (Lipinski definition) is 1. The Morgan fingerprint density at radius 3 is 2.31 bits per heavy atom. The zero-order valence-electron chi connectivity index (χ0n) is 25.9. The van der Waals surface area contributed by atoms with Gasteiger partial charge in [0.25, 0.3) is 5.91 Å². The van der Waals surface area contributed by atoms with Crippen molar-refractivity contribution in [1.82, 2.24) is 19.7 Å². The summed E-state index contributed by atoms with van der Waals surface area (Å²) in [6.07, 6.45) is 0.779. The average molecular weight is 565 g/mol. The topological polar surface area (TPSA) is 57.6 Å². The van der Waals surface area contributed by atoms with Crippen LogP contribution in [-0.4, -0.2) is 58.4 Å². The zero-order valence-corrected chi connectivity index (χ0v) is 25.9. The van der Waals surface area contributed by atoms with Crippen LogP contribution >= 0.6 is 0 Å². The Balaban J connectivity index is 1.69. The monoisotopic (exact) mass is 564 g/mol. The van der Waals surface area contributed by atoms with Crippen LogP contribution in [0.5, 0.6) is 0 Å². The summed E-state index contributed by atoms with van der Waals surface area (Å²) in [6, 6.07) is 23.9. The molecular weight excluding hydrogens is 520 g/mol. The van der Waals surface area contributed by atoms with E-state index < -0.39 is 12.1 Å². The van der Waals surface area contributed by atoms with E-state index in [1.807, 2.05) is 23.1 Å². The number of likely N-dealkylation sites (N-methyl/N-ethyl adjacent to an activating group) is 1. The third-order valence-electron chi connectivity index (χ3n) is 9.12. The molecule has 3 atom stereocenters. The summed E-state index contributed by atoms with van der Waals surface area (Å²) in [7, 11) is 2.10. The van der Waals surface area contributed by atoms with Crippen molar-refractivity contribution in [3.8, 4) is 11.3 Å². The highest BCUT2D eigenvalue weighted by Gasteiger charge is 2.47. The largest absolute Gasteiger partial charge is 0.353 e. The lowest BCUT2D eigenvalue weighted by atomic mass is 9.90. The van der Waals surface area contributed by atoms with Gasteiger partial charge in [0, 0.05) is 42.2 Å². The number of amides is 2. The number of rotatable bonds is 11. The Labute approximate surface area is 250 Å². The van der Waals surface area contributed by atoms with Gasteiger partial charge in [-0.2, -0.15) is 0 Å². The van der Waals surface area contributed by atoms with Gasteiger partial charge >= 0.3 is 0 Å². The van der Waals surface area contributed by atoms with E-state index in [0.717, 1.165) is 59.3 Å². The van der Waals surface area contributed by atoms with Gasteiger partial charge in [-0.1, -0.05) is 100 Å². The van der Waals surface area contributed by atoms with Crippen LogP contribution in [0.2, 0.25) is 0 Å². The molecular formula is C36H44N4O2. The summed E-state index contributed by atoms with van der Waals surface area (Å²) >= 11 is 0. The molecule has 1 N–H and O–H groups in total. The minimum atomic E-state index is -0.610. The maximum absolute atomic E-state index is 14.4. The summed E-state index contributed by atoms with van der Waals surface area (Å²) in [4.78, 5) is 32.7. The van der Waals surface area contributed by atoms with E-state index in [0.29, 0.717) is 12.1 Å². The van der Waals surface area contributed by atoms with E-state index in [1.54, 1.807) is 0 Å². The smallest absolute Gasteiger partial charge is 0.255 e. The molecule has 0 radical (unpaired) electrons. The van der Waals surface area contributed by atoms with Gasteiger partial charge < -0.3 is 19.7 Å². The highest BCUT2D eigenvalue weighted by atomic mass is 16.2. The molecule has 0 saturated carbocycles. The van der Waals surface area contributed by atoms with Gasteiger partial charge in [0.05, 0.1) is 11.7 Å². The number of hydrogen-bond acceptors (Lipinski definition) is 3. The van der Waals surface area contributed by atoms with Crippen LogP contribution in [-0.2, 0) is 11.8 Å². The van der Waals surface area contributed by atoms with Crippen molar-refractivity contribution in [2.24, 2.45) is 13.0 Å². The standard InChI is InChI=1S/C36H44N4O2/c1-7-25(5)32(35(41)37-22-23-39(8-2)9-3)40-34(27-14-10-11-15-28(27)36(40)42)31-29-16-12-13-17-30(29)38(6)33(31)26-20-18-24(4)19-21-26/h10-21,25,32,34H,7-9,22-23H2,1-6H3,(H,37,41). The van der Waals surface area contributed by atoms with Crippen molar-refractivity contribution >= 4 is 22.7 Å². The molecule has 4 aromatic rings. The predicted molar refractivity (Wildman–Crippen MR) is 172 cm³/mol. The van der Waals surface area contributed by atoms with Gasteiger partial charge in [-0.15, -0.1) is 0 Å². The van der Waals surface area contributed by atoms with Gasteiger partial charge in [-0.05, 0) is 49.2 Å². The Morgan fingerprint density at radius 1 is 0.952 bits per heavy atom. The van der Waals surface area contributed by atoms with Crippen LogP contribution in [0.4, 0.5) is 0 Å². The molecule has 5 rings (SSSR count). The van der Waals surface area contributed by atoms with E-state index in [4.69, 9.17) is 0 Å². The number of carbonyl (C=O) groups is 2. The molecule has 220 valence electrons. The van der Waals surface area contributed by atoms with Crippen molar-refractivity contribution in [3.63, 3.8) is 0 Å². The van der Waals surface area contributed by atoms with Gasteiger partial charge in [0.15, 0.2) is 0 Å². The number of carbonyl (C=O) groups excluding carboxylic acids is 2. The first-order valence-electron chi connectivity index (χ1n) is 15.4. The van der Waals surface area contributed by atoms with Crippen molar-refractivity contribution in [3.05, 3.63) is 95.1 Å². The molecule has 0 fully saturated rings. The highest BCUT2D eigenvalue weighted by Crippen LogP contribution is 2.48. The average Bonchev–Trinajstić information content (AvgIpc) is 3.46. The summed E-state index contributed by atoms with van der Waals surface area (Å²) in [6.45, 7) is 13.8. The molecule has 0 spiro atoms. The van der Waals surface area contributed by atoms with E-state index in [2.05, 4.69) is 111 Å². The molecule has 3 aromatic carbocycles. The fourth-order valence-electron chi connectivity index (χ4n) is 6.54. The van der Waals surface area contributed by atoms with Gasteiger partial charge in [-0.3, -0.25) is 9.59 Å². The van der Waals surface area contributed by atoms with Crippen LogP contribution in [0.15, 0.2) is 72.8 Å². The van der Waals surface area contributed by atoms with Crippen molar-refractivity contribution in [1.29, 1.82) is 0 Å². The Kier molecular flexibility index (Phi) is 8.83. The lowest BCUT2D eigenvalue weighted by Crippen LogP contribution is -2.53. The second-order valence-corrected chi connectivity index (χ2v) is 11.6. The molecule has 2 heterocycles. The van der Waals surface area contributed by atoms with Crippen LogP contribution in [0, 0.1) is 12.8 Å². The summed E-state index contributed by atoms with van der Waals surface area (Å²) in [5.41, 5.74) is 7.16. The van der Waals surface area contributed by atoms with E-state index in [9.17, 15) is 9.59 Å². The summed E-state index contributed by atoms with van der Waals surface area (Å²) < 4.78 is 2.24. The van der Waals surface area contributed by atoms with Gasteiger partial charge in [0.2, 0.25) is 5.91 Å². The molecule has 3 unspecified atom stereocenters. The van der Waals surface area contributed by atoms with Crippen molar-refractivity contribution in [2.45, 2.75) is 53.1 Å². The van der Waals surface area contributed by atoms with Crippen LogP contribution in [0.1, 0.15) is 67.2 Å². The Bertz CT molecular complexity index is 1570. The molecule has 6 heteroatoms. The van der Waals surface area contributed by atoms with Crippen molar-refractivity contribution < 1.29 is 9.59 Å². The maximum Gasteiger partial charge on any atom is 0.255 e. The van der Waals surface area contributed by atoms with E-state index >= 15 is 0 Å². The first kappa shape index (κ1) is 29.6. The lowest BCUT2D eigenvalue weighted by molar-refractivity contribution is -0.127. The molecule has 1 aliphatic heterocycles. The van der Waals surface area contributed by atoms with E-state index in [-0.39, 0.29) is 17.7 Å². The Hall–Kier alpha value is -3.90. The second-order valence-electron chi connectivity index (χ2n) is 11.6. The SMILES string of the molecule is CCC(C)C(C(=O)NCCN(CC)CC)N1C(=O)c2ccccc2C1c1c(-c2ccc(C)cc2)n(C)c2ccccc12. The number of para-hydroxylation sites is 1. The molecule has 42 heavy (non-hydrogen) atoms. The normalized spacial score (nSPS) is 16.2. The first-order valence-corrected chi connectivity index (χ1v) is 15.4. The minimum Gasteiger partial charge on any atom is -0.353 e. The highest BCUT2D eigenvalue weighted by molar-refractivity contribution is 6.04. The number of nitrogens with zero attached hydrogens (tertiary/aromatic N) is 3. The second kappa shape index (κ2) is 12.5. The zero-order chi connectivity index (χ0) is 30.0. The first-order chi connectivity index (χ1) is 20.3. The lowest BCUT2D eigenvalue weighted by Gasteiger charge is -2.36. The fourth-order valence-corrected chi connectivity index (χ4v) is 6.54. The molecule has 0 aliphatic carbocycles. The van der Waals surface area contributed by atoms with Gasteiger partial charge in [-0.25, -0.2) is 0 Å². The number of benzene rings is 3. The number of nitrogens with one attached hydrogen (secondary N) is 1. The summed E-state index contributed by atoms with van der Waals surface area (Å²) in [5, 5.41) is 4.31. The van der Waals surface area contributed by atoms with E-state index in [1.165, 1.54) is 5.56 Å². The van der Waals surface area contributed by atoms with Crippen LogP contribution in [0.25, 0.3) is 22.2 Å². The molecule has 0 saturated heterocycles. The maximum atomic E-state index is 14.4. The number of aryl methyl sites for hydroxylation is 2. The number of fused-ring (bicyclic) bond motifs is 2. The molecule has 0 bridgehead atoms.